The lowest BCUT2D eigenvalue weighted by molar-refractivity contribution is 0.0787. The third-order valence-electron chi connectivity index (χ3n) is 3.74. The van der Waals surface area contributed by atoms with Crippen molar-refractivity contribution in [3.63, 3.8) is 0 Å². The molecule has 0 bridgehead atoms. The Morgan fingerprint density at radius 2 is 1.71 bits per heavy atom. The molecule has 0 fully saturated rings. The van der Waals surface area contributed by atoms with Gasteiger partial charge in [-0.1, -0.05) is 48.5 Å². The van der Waals surface area contributed by atoms with Gasteiger partial charge in [-0.05, 0) is 11.6 Å². The molecular formula is C18H18N2O. The predicted molar refractivity (Wildman–Crippen MR) is 85.2 cm³/mol. The van der Waals surface area contributed by atoms with E-state index in [1.807, 2.05) is 79.5 Å². The van der Waals surface area contributed by atoms with E-state index >= 15 is 0 Å². The van der Waals surface area contributed by atoms with E-state index in [1.54, 1.807) is 4.90 Å². The van der Waals surface area contributed by atoms with Crippen LogP contribution < -0.4 is 0 Å². The first-order valence-corrected chi connectivity index (χ1v) is 7.00. The Labute approximate surface area is 124 Å². The Bertz CT molecular complexity index is 774. The summed E-state index contributed by atoms with van der Waals surface area (Å²) in [6, 6.07) is 18.0. The number of hydrogen-bond acceptors (Lipinski definition) is 1. The minimum absolute atomic E-state index is 0.0515. The molecule has 3 heteroatoms. The van der Waals surface area contributed by atoms with Gasteiger partial charge in [0.15, 0.2) is 0 Å². The summed E-state index contributed by atoms with van der Waals surface area (Å²) >= 11 is 0. The van der Waals surface area contributed by atoms with Crippen LogP contribution in [0.4, 0.5) is 0 Å². The van der Waals surface area contributed by atoms with Crippen molar-refractivity contribution >= 4 is 16.8 Å². The van der Waals surface area contributed by atoms with Crippen LogP contribution in [0.5, 0.6) is 0 Å². The van der Waals surface area contributed by atoms with Crippen molar-refractivity contribution in [1.29, 1.82) is 0 Å². The van der Waals surface area contributed by atoms with Crippen LogP contribution >= 0.6 is 0 Å². The van der Waals surface area contributed by atoms with Crippen LogP contribution in [0, 0.1) is 0 Å². The second kappa shape index (κ2) is 5.44. The summed E-state index contributed by atoms with van der Waals surface area (Å²) in [6.07, 6.45) is 1.91. The molecule has 3 aromatic rings. The van der Waals surface area contributed by atoms with E-state index in [2.05, 4.69) is 0 Å². The van der Waals surface area contributed by atoms with Crippen molar-refractivity contribution < 1.29 is 4.79 Å². The largest absolute Gasteiger partial charge is 0.350 e. The van der Waals surface area contributed by atoms with Gasteiger partial charge in [-0.15, -0.1) is 0 Å². The molecule has 0 atom stereocenters. The molecule has 0 spiro atoms. The first-order valence-electron chi connectivity index (χ1n) is 7.00. The summed E-state index contributed by atoms with van der Waals surface area (Å²) in [4.78, 5) is 14.4. The maximum Gasteiger partial charge on any atom is 0.256 e. The van der Waals surface area contributed by atoms with E-state index < -0.39 is 0 Å². The van der Waals surface area contributed by atoms with Crippen molar-refractivity contribution in [2.24, 2.45) is 7.05 Å². The maximum absolute atomic E-state index is 12.7. The van der Waals surface area contributed by atoms with Crippen LogP contribution in [0.3, 0.4) is 0 Å². The molecule has 3 rings (SSSR count). The second-order valence-corrected chi connectivity index (χ2v) is 5.32. The van der Waals surface area contributed by atoms with Gasteiger partial charge in [0.2, 0.25) is 0 Å². The third-order valence-corrected chi connectivity index (χ3v) is 3.74. The Hall–Kier alpha value is -2.55. The average molecular weight is 278 g/mol. The molecule has 0 N–H and O–H groups in total. The molecule has 0 radical (unpaired) electrons. The highest BCUT2D eigenvalue weighted by molar-refractivity contribution is 6.06. The number of fused-ring (bicyclic) bond motifs is 1. The molecule has 0 aliphatic carbocycles. The van der Waals surface area contributed by atoms with E-state index in [0.717, 1.165) is 22.0 Å². The summed E-state index contributed by atoms with van der Waals surface area (Å²) < 4.78 is 2.00. The van der Waals surface area contributed by atoms with Gasteiger partial charge in [0.25, 0.3) is 5.91 Å². The molecule has 0 aliphatic heterocycles. The lowest BCUT2D eigenvalue weighted by atomic mass is 10.1. The molecule has 106 valence electrons. The van der Waals surface area contributed by atoms with Gasteiger partial charge in [-0.2, -0.15) is 0 Å². The molecule has 21 heavy (non-hydrogen) atoms. The van der Waals surface area contributed by atoms with E-state index in [0.29, 0.717) is 6.54 Å². The Morgan fingerprint density at radius 3 is 2.48 bits per heavy atom. The monoisotopic (exact) mass is 278 g/mol. The zero-order chi connectivity index (χ0) is 14.8. The van der Waals surface area contributed by atoms with Gasteiger partial charge >= 0.3 is 0 Å². The first-order chi connectivity index (χ1) is 10.2. The van der Waals surface area contributed by atoms with E-state index in [9.17, 15) is 4.79 Å². The quantitative estimate of drug-likeness (QED) is 0.720. The van der Waals surface area contributed by atoms with Gasteiger partial charge < -0.3 is 9.47 Å². The Kier molecular flexibility index (Phi) is 3.48. The fraction of sp³-hybridized carbons (Fsp3) is 0.167. The fourth-order valence-electron chi connectivity index (χ4n) is 2.65. The van der Waals surface area contributed by atoms with E-state index in [-0.39, 0.29) is 5.91 Å². The molecule has 2 aromatic carbocycles. The summed E-state index contributed by atoms with van der Waals surface area (Å²) in [5.41, 5.74) is 2.97. The van der Waals surface area contributed by atoms with Crippen LogP contribution in [-0.2, 0) is 13.6 Å². The minimum Gasteiger partial charge on any atom is -0.350 e. The van der Waals surface area contributed by atoms with Crippen molar-refractivity contribution in [2.75, 3.05) is 7.05 Å². The van der Waals surface area contributed by atoms with Crippen molar-refractivity contribution in [3.8, 4) is 0 Å². The summed E-state index contributed by atoms with van der Waals surface area (Å²) in [6.45, 7) is 0.614. The normalized spacial score (nSPS) is 10.8. The zero-order valence-electron chi connectivity index (χ0n) is 12.3. The number of aryl methyl sites for hydroxylation is 1. The number of nitrogens with zero attached hydrogens (tertiary/aromatic N) is 2. The van der Waals surface area contributed by atoms with Crippen LogP contribution in [-0.4, -0.2) is 22.4 Å². The van der Waals surface area contributed by atoms with Crippen LogP contribution in [0.15, 0.2) is 60.8 Å². The Balaban J connectivity index is 1.90. The summed E-state index contributed by atoms with van der Waals surface area (Å²) in [7, 11) is 3.81. The first kappa shape index (κ1) is 13.4. The van der Waals surface area contributed by atoms with Gasteiger partial charge in [0, 0.05) is 37.7 Å². The lowest BCUT2D eigenvalue weighted by Crippen LogP contribution is -2.26. The van der Waals surface area contributed by atoms with E-state index in [1.165, 1.54) is 0 Å². The highest BCUT2D eigenvalue weighted by atomic mass is 16.2. The fourth-order valence-corrected chi connectivity index (χ4v) is 2.65. The van der Waals surface area contributed by atoms with Gasteiger partial charge in [-0.25, -0.2) is 0 Å². The smallest absolute Gasteiger partial charge is 0.256 e. The number of carbonyl (C=O) groups excluding carboxylic acids is 1. The number of aromatic nitrogens is 1. The van der Waals surface area contributed by atoms with Crippen molar-refractivity contribution in [2.45, 2.75) is 6.54 Å². The molecular weight excluding hydrogens is 260 g/mol. The van der Waals surface area contributed by atoms with Crippen LogP contribution in [0.1, 0.15) is 15.9 Å². The molecule has 1 aromatic heterocycles. The third kappa shape index (κ3) is 2.55. The Morgan fingerprint density at radius 1 is 1.05 bits per heavy atom. The highest BCUT2D eigenvalue weighted by Crippen LogP contribution is 2.21. The van der Waals surface area contributed by atoms with E-state index in [4.69, 9.17) is 0 Å². The minimum atomic E-state index is 0.0515. The number of rotatable bonds is 3. The van der Waals surface area contributed by atoms with Crippen LogP contribution in [0.2, 0.25) is 0 Å². The number of para-hydroxylation sites is 1. The summed E-state index contributed by atoms with van der Waals surface area (Å²) in [5.74, 6) is 0.0515. The number of amides is 1. The molecule has 1 amide bonds. The molecule has 3 nitrogen and oxygen atoms in total. The maximum atomic E-state index is 12.7. The second-order valence-electron chi connectivity index (χ2n) is 5.32. The molecule has 0 unspecified atom stereocenters. The number of benzene rings is 2. The molecule has 0 aliphatic rings. The highest BCUT2D eigenvalue weighted by Gasteiger charge is 2.17. The SMILES string of the molecule is CN(Cc1ccccc1)C(=O)c1cn(C)c2ccccc12. The van der Waals surface area contributed by atoms with Crippen molar-refractivity contribution in [3.05, 3.63) is 71.9 Å². The zero-order valence-corrected chi connectivity index (χ0v) is 12.3. The van der Waals surface area contributed by atoms with Crippen molar-refractivity contribution in [1.82, 2.24) is 9.47 Å². The standard InChI is InChI=1S/C18H18N2O/c1-19-13-16(15-10-6-7-11-17(15)19)18(21)20(2)12-14-8-4-3-5-9-14/h3-11,13H,12H2,1-2H3. The predicted octanol–water partition coefficient (Wildman–Crippen LogP) is 3.45. The van der Waals surface area contributed by atoms with Gasteiger partial charge in [-0.3, -0.25) is 4.79 Å². The van der Waals surface area contributed by atoms with Gasteiger partial charge in [0.1, 0.15) is 0 Å². The average Bonchev–Trinajstić information content (AvgIpc) is 2.85. The number of hydrogen-bond donors (Lipinski definition) is 0. The number of carbonyl (C=O) groups is 1. The lowest BCUT2D eigenvalue weighted by Gasteiger charge is -2.16. The molecule has 1 heterocycles. The molecule has 0 saturated heterocycles. The van der Waals surface area contributed by atoms with Crippen LogP contribution in [0.25, 0.3) is 10.9 Å². The summed E-state index contributed by atoms with van der Waals surface area (Å²) in [5, 5.41) is 1.00. The van der Waals surface area contributed by atoms with Gasteiger partial charge in [0.05, 0.1) is 5.56 Å². The molecule has 0 saturated carbocycles. The topological polar surface area (TPSA) is 25.2 Å².